The summed E-state index contributed by atoms with van der Waals surface area (Å²) in [4.78, 5) is 16.3. The Morgan fingerprint density at radius 2 is 1.79 bits per heavy atom. The zero-order valence-corrected chi connectivity index (χ0v) is 18.8. The van der Waals surface area contributed by atoms with Crippen LogP contribution in [0.15, 0.2) is 104 Å². The average Bonchev–Trinajstić information content (AvgIpc) is 3.23. The fraction of sp³-hybridized carbons (Fsp3) is 0.143. The molecular weight excluding hydrogens is 426 g/mol. The lowest BCUT2D eigenvalue weighted by Gasteiger charge is -2.14. The predicted octanol–water partition coefficient (Wildman–Crippen LogP) is 5.07. The van der Waals surface area contributed by atoms with E-state index in [1.807, 2.05) is 60.7 Å². The van der Waals surface area contributed by atoms with Gasteiger partial charge < -0.3 is 19.7 Å². The summed E-state index contributed by atoms with van der Waals surface area (Å²) in [7, 11) is 0. The second kappa shape index (κ2) is 11.0. The zero-order valence-electron chi connectivity index (χ0n) is 18.8. The molecule has 0 saturated carbocycles. The Balaban J connectivity index is 1.42. The lowest BCUT2D eigenvalue weighted by molar-refractivity contribution is -0.139. The minimum Gasteiger partial charge on any atom is -0.492 e. The normalized spacial score (nSPS) is 12.0. The molecule has 0 amide bonds. The summed E-state index contributed by atoms with van der Waals surface area (Å²) in [6.07, 6.45) is 5.21. The van der Waals surface area contributed by atoms with E-state index >= 15 is 0 Å². The minimum atomic E-state index is -0.907. The standard InChI is InChI=1S/C28H27N3O3/c1-2-3-17-29-25(28(32)33)20-21-13-15-23(16-14-21)34-19-18-31-26-12-8-7-11-24(26)30-27(31)22-9-5-4-6-10-22/h2-17,25,29H,1,18-20H2,(H,32,33)/b17-3-. The SMILES string of the molecule is C=C/C=C\NC(Cc1ccc(OCCn2c(-c3ccccc3)nc3ccccc32)cc1)C(=O)O. The summed E-state index contributed by atoms with van der Waals surface area (Å²) < 4.78 is 8.18. The summed E-state index contributed by atoms with van der Waals surface area (Å²) >= 11 is 0. The number of nitrogens with zero attached hydrogens (tertiary/aromatic N) is 2. The van der Waals surface area contributed by atoms with Crippen molar-refractivity contribution in [1.29, 1.82) is 0 Å². The number of hydrogen-bond donors (Lipinski definition) is 2. The van der Waals surface area contributed by atoms with Crippen LogP contribution in [-0.2, 0) is 17.8 Å². The van der Waals surface area contributed by atoms with Crippen LogP contribution in [0, 0.1) is 0 Å². The van der Waals surface area contributed by atoms with Crippen LogP contribution in [0.1, 0.15) is 5.56 Å². The highest BCUT2D eigenvalue weighted by molar-refractivity contribution is 5.80. The van der Waals surface area contributed by atoms with Gasteiger partial charge in [0.1, 0.15) is 24.2 Å². The lowest BCUT2D eigenvalue weighted by atomic mass is 10.1. The summed E-state index contributed by atoms with van der Waals surface area (Å²) in [6, 6.07) is 25.1. The molecule has 172 valence electrons. The van der Waals surface area contributed by atoms with E-state index in [0.717, 1.165) is 33.7 Å². The number of ether oxygens (including phenoxy) is 1. The van der Waals surface area contributed by atoms with Crippen LogP contribution in [0.3, 0.4) is 0 Å². The van der Waals surface area contributed by atoms with Gasteiger partial charge in [-0.3, -0.25) is 0 Å². The van der Waals surface area contributed by atoms with E-state index in [4.69, 9.17) is 9.72 Å². The Kier molecular flexibility index (Phi) is 7.40. The first kappa shape index (κ1) is 22.9. The molecule has 34 heavy (non-hydrogen) atoms. The summed E-state index contributed by atoms with van der Waals surface area (Å²) in [5.74, 6) is 0.745. The van der Waals surface area contributed by atoms with Crippen LogP contribution in [-0.4, -0.2) is 33.3 Å². The third-order valence-electron chi connectivity index (χ3n) is 5.46. The molecule has 6 heteroatoms. The van der Waals surface area contributed by atoms with E-state index in [1.54, 1.807) is 18.4 Å². The molecule has 0 spiro atoms. The molecule has 4 rings (SSSR count). The Labute approximate surface area is 198 Å². The largest absolute Gasteiger partial charge is 0.492 e. The summed E-state index contributed by atoms with van der Waals surface area (Å²) in [5, 5.41) is 12.3. The van der Waals surface area contributed by atoms with Gasteiger partial charge in [0.2, 0.25) is 0 Å². The van der Waals surface area contributed by atoms with E-state index in [-0.39, 0.29) is 0 Å². The third-order valence-corrected chi connectivity index (χ3v) is 5.46. The molecule has 1 atom stereocenters. The molecule has 4 aromatic rings. The Bertz CT molecular complexity index is 1280. The maximum atomic E-state index is 11.5. The van der Waals surface area contributed by atoms with Crippen molar-refractivity contribution in [2.45, 2.75) is 19.0 Å². The first-order valence-electron chi connectivity index (χ1n) is 11.1. The molecule has 0 aliphatic heterocycles. The number of carboxylic acid groups (broad SMARTS) is 1. The quantitative estimate of drug-likeness (QED) is 0.310. The molecule has 0 fully saturated rings. The number of rotatable bonds is 11. The topological polar surface area (TPSA) is 76.4 Å². The van der Waals surface area contributed by atoms with E-state index < -0.39 is 12.0 Å². The number of imidazole rings is 1. The van der Waals surface area contributed by atoms with Crippen molar-refractivity contribution in [3.05, 3.63) is 109 Å². The van der Waals surface area contributed by atoms with Gasteiger partial charge in [-0.15, -0.1) is 0 Å². The molecule has 6 nitrogen and oxygen atoms in total. The Morgan fingerprint density at radius 1 is 1.06 bits per heavy atom. The highest BCUT2D eigenvalue weighted by Crippen LogP contribution is 2.24. The van der Waals surface area contributed by atoms with Crippen molar-refractivity contribution in [2.24, 2.45) is 0 Å². The van der Waals surface area contributed by atoms with Crippen molar-refractivity contribution in [2.75, 3.05) is 6.61 Å². The number of para-hydroxylation sites is 2. The van der Waals surface area contributed by atoms with Gasteiger partial charge in [0.05, 0.1) is 17.6 Å². The molecule has 2 N–H and O–H groups in total. The van der Waals surface area contributed by atoms with Crippen LogP contribution >= 0.6 is 0 Å². The number of allylic oxidation sites excluding steroid dienone is 2. The third kappa shape index (κ3) is 5.53. The number of benzene rings is 3. The van der Waals surface area contributed by atoms with Crippen LogP contribution in [0.25, 0.3) is 22.4 Å². The molecule has 3 aromatic carbocycles. The van der Waals surface area contributed by atoms with E-state index in [9.17, 15) is 9.90 Å². The monoisotopic (exact) mass is 453 g/mol. The van der Waals surface area contributed by atoms with Crippen molar-refractivity contribution in [3.8, 4) is 17.1 Å². The highest BCUT2D eigenvalue weighted by atomic mass is 16.5. The van der Waals surface area contributed by atoms with Gasteiger partial charge in [0.15, 0.2) is 0 Å². The van der Waals surface area contributed by atoms with Gasteiger partial charge in [-0.05, 0) is 42.1 Å². The van der Waals surface area contributed by atoms with Crippen molar-refractivity contribution in [3.63, 3.8) is 0 Å². The smallest absolute Gasteiger partial charge is 0.326 e. The molecular formula is C28H27N3O3. The molecule has 1 heterocycles. The molecule has 1 aromatic heterocycles. The van der Waals surface area contributed by atoms with Crippen LogP contribution in [0.5, 0.6) is 5.75 Å². The number of fused-ring (bicyclic) bond motifs is 1. The van der Waals surface area contributed by atoms with Crippen LogP contribution in [0.4, 0.5) is 0 Å². The second-order valence-corrected chi connectivity index (χ2v) is 7.79. The number of carboxylic acids is 1. The van der Waals surface area contributed by atoms with E-state index in [0.29, 0.717) is 19.6 Å². The van der Waals surface area contributed by atoms with Gasteiger partial charge in [0.25, 0.3) is 0 Å². The van der Waals surface area contributed by atoms with E-state index in [2.05, 4.69) is 34.7 Å². The first-order chi connectivity index (χ1) is 16.7. The number of carbonyl (C=O) groups is 1. The minimum absolute atomic E-state index is 0.360. The lowest BCUT2D eigenvalue weighted by Crippen LogP contribution is -2.35. The number of aliphatic carboxylic acids is 1. The predicted molar refractivity (Wildman–Crippen MR) is 135 cm³/mol. The molecule has 0 aliphatic carbocycles. The fourth-order valence-electron chi connectivity index (χ4n) is 3.78. The Hall–Kier alpha value is -4.32. The van der Waals surface area contributed by atoms with Crippen molar-refractivity contribution in [1.82, 2.24) is 14.9 Å². The molecule has 0 radical (unpaired) electrons. The summed E-state index contributed by atoms with van der Waals surface area (Å²) in [6.45, 7) is 4.70. The van der Waals surface area contributed by atoms with Crippen molar-refractivity contribution >= 4 is 17.0 Å². The Morgan fingerprint density at radius 3 is 2.53 bits per heavy atom. The van der Waals surface area contributed by atoms with Gasteiger partial charge in [-0.25, -0.2) is 9.78 Å². The number of aromatic nitrogens is 2. The van der Waals surface area contributed by atoms with Crippen LogP contribution in [0.2, 0.25) is 0 Å². The molecule has 0 saturated heterocycles. The van der Waals surface area contributed by atoms with Gasteiger partial charge in [-0.1, -0.05) is 67.3 Å². The van der Waals surface area contributed by atoms with Gasteiger partial charge in [-0.2, -0.15) is 0 Å². The number of nitrogens with one attached hydrogen (secondary N) is 1. The van der Waals surface area contributed by atoms with Crippen LogP contribution < -0.4 is 10.1 Å². The number of hydrogen-bond acceptors (Lipinski definition) is 4. The van der Waals surface area contributed by atoms with Gasteiger partial charge in [0, 0.05) is 12.0 Å². The fourth-order valence-corrected chi connectivity index (χ4v) is 3.78. The molecule has 1 unspecified atom stereocenters. The average molecular weight is 454 g/mol. The van der Waals surface area contributed by atoms with E-state index in [1.165, 1.54) is 0 Å². The molecule has 0 aliphatic rings. The summed E-state index contributed by atoms with van der Waals surface area (Å²) in [5.41, 5.74) is 3.99. The molecule has 0 bridgehead atoms. The van der Waals surface area contributed by atoms with Crippen molar-refractivity contribution < 1.29 is 14.6 Å². The van der Waals surface area contributed by atoms with Gasteiger partial charge >= 0.3 is 5.97 Å². The second-order valence-electron chi connectivity index (χ2n) is 7.79. The maximum Gasteiger partial charge on any atom is 0.326 e. The highest BCUT2D eigenvalue weighted by Gasteiger charge is 2.16. The first-order valence-corrected chi connectivity index (χ1v) is 11.1. The maximum absolute atomic E-state index is 11.5. The zero-order chi connectivity index (χ0) is 23.8.